The smallest absolute Gasteiger partial charge is 0.195 e. The highest BCUT2D eigenvalue weighted by molar-refractivity contribution is 7.86. The Morgan fingerprint density at radius 2 is 1.79 bits per heavy atom. The predicted molar refractivity (Wildman–Crippen MR) is 53.1 cm³/mol. The second kappa shape index (κ2) is 2.71. The number of rotatable bonds is 2. The first-order chi connectivity index (χ1) is 6.20. The Balaban J connectivity index is 1.82. The summed E-state index contributed by atoms with van der Waals surface area (Å²) in [5.41, 5.74) is 0.818. The van der Waals surface area contributed by atoms with Gasteiger partial charge in [0.2, 0.25) is 0 Å². The SMILES string of the molecule is CC1(C)CC2(CC(CS(=O)(=O)F)C2)C1. The molecule has 14 heavy (non-hydrogen) atoms. The van der Waals surface area contributed by atoms with E-state index in [4.69, 9.17) is 0 Å². The highest BCUT2D eigenvalue weighted by Crippen LogP contribution is 2.66. The minimum Gasteiger partial charge on any atom is -0.195 e. The quantitative estimate of drug-likeness (QED) is 0.670. The minimum atomic E-state index is -4.25. The average Bonchev–Trinajstić information content (AvgIpc) is 1.74. The lowest BCUT2D eigenvalue weighted by Crippen LogP contribution is -2.52. The van der Waals surface area contributed by atoms with Crippen LogP contribution in [0.4, 0.5) is 3.89 Å². The van der Waals surface area contributed by atoms with Gasteiger partial charge in [-0.3, -0.25) is 0 Å². The molecule has 0 radical (unpaired) electrons. The number of hydrogen-bond donors (Lipinski definition) is 0. The van der Waals surface area contributed by atoms with Crippen LogP contribution in [0.25, 0.3) is 0 Å². The summed E-state index contributed by atoms with van der Waals surface area (Å²) in [5.74, 6) is -0.170. The van der Waals surface area contributed by atoms with Gasteiger partial charge in [0.1, 0.15) is 0 Å². The molecule has 0 aliphatic heterocycles. The molecule has 2 aliphatic rings. The third kappa shape index (κ3) is 1.95. The van der Waals surface area contributed by atoms with E-state index < -0.39 is 10.2 Å². The number of halogens is 1. The van der Waals surface area contributed by atoms with Gasteiger partial charge in [0.25, 0.3) is 0 Å². The van der Waals surface area contributed by atoms with Gasteiger partial charge in [0.15, 0.2) is 0 Å². The zero-order chi connectivity index (χ0) is 10.6. The van der Waals surface area contributed by atoms with Gasteiger partial charge in [-0.25, -0.2) is 0 Å². The first kappa shape index (κ1) is 10.4. The van der Waals surface area contributed by atoms with E-state index in [1.54, 1.807) is 0 Å². The second-order valence-electron chi connectivity index (χ2n) is 6.00. The molecular weight excluding hydrogens is 203 g/mol. The summed E-state index contributed by atoms with van der Waals surface area (Å²) in [4.78, 5) is 0. The van der Waals surface area contributed by atoms with E-state index >= 15 is 0 Å². The Bertz CT molecular complexity index is 329. The van der Waals surface area contributed by atoms with Crippen LogP contribution < -0.4 is 0 Å². The Hall–Kier alpha value is -0.120. The largest absolute Gasteiger partial charge is 0.302 e. The van der Waals surface area contributed by atoms with Crippen molar-refractivity contribution in [2.75, 3.05) is 5.75 Å². The van der Waals surface area contributed by atoms with Crippen molar-refractivity contribution in [1.29, 1.82) is 0 Å². The van der Waals surface area contributed by atoms with E-state index in [9.17, 15) is 12.3 Å². The molecule has 0 heterocycles. The van der Waals surface area contributed by atoms with Crippen LogP contribution >= 0.6 is 0 Å². The predicted octanol–water partition coefficient (Wildman–Crippen LogP) is 2.50. The third-order valence-corrected chi connectivity index (χ3v) is 4.45. The van der Waals surface area contributed by atoms with Crippen LogP contribution in [-0.2, 0) is 10.2 Å². The summed E-state index contributed by atoms with van der Waals surface area (Å²) in [5, 5.41) is 0. The standard InChI is InChI=1S/C10H17FO2S/c1-9(2)6-10(7-9)3-8(4-10)5-14(11,12)13/h8H,3-7H2,1-2H3. The topological polar surface area (TPSA) is 34.1 Å². The molecular formula is C10H17FO2S. The Labute approximate surface area is 85.1 Å². The van der Waals surface area contributed by atoms with Gasteiger partial charge in [-0.05, 0) is 42.4 Å². The molecule has 0 atom stereocenters. The molecule has 0 bridgehead atoms. The Kier molecular flexibility index (Phi) is 2.02. The van der Waals surface area contributed by atoms with Crippen molar-refractivity contribution in [2.24, 2.45) is 16.7 Å². The van der Waals surface area contributed by atoms with Crippen molar-refractivity contribution in [2.45, 2.75) is 39.5 Å². The molecule has 0 saturated heterocycles. The first-order valence-electron chi connectivity index (χ1n) is 5.12. The molecule has 2 nitrogen and oxygen atoms in total. The Morgan fingerprint density at radius 1 is 1.29 bits per heavy atom. The maximum absolute atomic E-state index is 12.4. The average molecular weight is 220 g/mol. The molecule has 0 aromatic rings. The molecule has 0 amide bonds. The van der Waals surface area contributed by atoms with Crippen molar-refractivity contribution >= 4 is 10.2 Å². The lowest BCUT2D eigenvalue weighted by atomic mass is 9.44. The van der Waals surface area contributed by atoms with Gasteiger partial charge in [-0.15, -0.1) is 3.89 Å². The van der Waals surface area contributed by atoms with Crippen LogP contribution in [0.1, 0.15) is 39.5 Å². The summed E-state index contributed by atoms with van der Waals surface area (Å²) < 4.78 is 33.2. The fraction of sp³-hybridized carbons (Fsp3) is 1.00. The van der Waals surface area contributed by atoms with Crippen molar-refractivity contribution in [3.63, 3.8) is 0 Å². The van der Waals surface area contributed by atoms with Crippen molar-refractivity contribution in [3.8, 4) is 0 Å². The van der Waals surface area contributed by atoms with Gasteiger partial charge in [0, 0.05) is 0 Å². The van der Waals surface area contributed by atoms with E-state index in [1.165, 1.54) is 12.8 Å². The van der Waals surface area contributed by atoms with Crippen molar-refractivity contribution < 1.29 is 12.3 Å². The summed E-state index contributed by atoms with van der Waals surface area (Å²) >= 11 is 0. The van der Waals surface area contributed by atoms with E-state index in [0.29, 0.717) is 10.8 Å². The molecule has 0 aromatic heterocycles. The van der Waals surface area contributed by atoms with E-state index in [2.05, 4.69) is 13.8 Å². The molecule has 82 valence electrons. The summed E-state index contributed by atoms with van der Waals surface area (Å²) in [6.45, 7) is 4.47. The fourth-order valence-electron chi connectivity index (χ4n) is 3.83. The monoisotopic (exact) mass is 220 g/mol. The molecule has 0 aromatic carbocycles. The normalized spacial score (nSPS) is 29.6. The van der Waals surface area contributed by atoms with Gasteiger partial charge < -0.3 is 0 Å². The summed E-state index contributed by atoms with van der Waals surface area (Å²) in [7, 11) is -4.25. The van der Waals surface area contributed by atoms with Gasteiger partial charge in [0.05, 0.1) is 5.75 Å². The third-order valence-electron chi connectivity index (χ3n) is 3.59. The molecule has 0 unspecified atom stereocenters. The fourth-order valence-corrected chi connectivity index (χ4v) is 4.63. The second-order valence-corrected chi connectivity index (χ2v) is 7.41. The highest BCUT2D eigenvalue weighted by Gasteiger charge is 2.56. The molecule has 4 heteroatoms. The molecule has 2 aliphatic carbocycles. The van der Waals surface area contributed by atoms with Crippen LogP contribution in [-0.4, -0.2) is 14.2 Å². The van der Waals surface area contributed by atoms with Crippen LogP contribution in [0.2, 0.25) is 0 Å². The van der Waals surface area contributed by atoms with Crippen LogP contribution in [0.3, 0.4) is 0 Å². The van der Waals surface area contributed by atoms with E-state index in [1.807, 2.05) is 0 Å². The maximum Gasteiger partial charge on any atom is 0.302 e. The molecule has 2 saturated carbocycles. The molecule has 0 N–H and O–H groups in total. The van der Waals surface area contributed by atoms with Gasteiger partial charge in [-0.1, -0.05) is 13.8 Å². The van der Waals surface area contributed by atoms with Crippen molar-refractivity contribution in [3.05, 3.63) is 0 Å². The highest BCUT2D eigenvalue weighted by atomic mass is 32.3. The number of hydrogen-bond acceptors (Lipinski definition) is 2. The molecule has 2 fully saturated rings. The lowest BCUT2D eigenvalue weighted by Gasteiger charge is -2.61. The van der Waals surface area contributed by atoms with Crippen LogP contribution in [0, 0.1) is 16.7 Å². The van der Waals surface area contributed by atoms with E-state index in [0.717, 1.165) is 12.8 Å². The minimum absolute atomic E-state index is 0.0844. The first-order valence-corrected chi connectivity index (χ1v) is 6.68. The van der Waals surface area contributed by atoms with Crippen LogP contribution in [0.5, 0.6) is 0 Å². The zero-order valence-corrected chi connectivity index (χ0v) is 9.53. The molecule has 1 spiro atoms. The summed E-state index contributed by atoms with van der Waals surface area (Å²) in [6.07, 6.45) is 4.20. The van der Waals surface area contributed by atoms with Crippen LogP contribution in [0.15, 0.2) is 0 Å². The Morgan fingerprint density at radius 3 is 2.14 bits per heavy atom. The lowest BCUT2D eigenvalue weighted by molar-refractivity contribution is -0.104. The van der Waals surface area contributed by atoms with Crippen molar-refractivity contribution in [1.82, 2.24) is 0 Å². The molecule has 2 rings (SSSR count). The zero-order valence-electron chi connectivity index (χ0n) is 8.72. The van der Waals surface area contributed by atoms with Gasteiger partial charge in [-0.2, -0.15) is 8.42 Å². The van der Waals surface area contributed by atoms with Gasteiger partial charge >= 0.3 is 10.2 Å². The summed E-state index contributed by atoms with van der Waals surface area (Å²) in [6, 6.07) is 0. The maximum atomic E-state index is 12.4. The van der Waals surface area contributed by atoms with E-state index in [-0.39, 0.29) is 11.7 Å².